The molecule has 0 amide bonds. The van der Waals surface area contributed by atoms with Gasteiger partial charge in [0.2, 0.25) is 0 Å². The third-order valence-corrected chi connectivity index (χ3v) is 3.47. The molecule has 180 valence electrons. The second kappa shape index (κ2) is 7.18. The lowest BCUT2D eigenvalue weighted by Gasteiger charge is -2.43. The van der Waals surface area contributed by atoms with Crippen molar-refractivity contribution in [1.82, 2.24) is 0 Å². The SMILES string of the molecule is COC(=O)C(F)(F)C(F)(F)C(F)(F)C(F)(F)C(F)(F)C(F)(F)C(F)(F)C(F)(F)CO. The molecule has 0 fully saturated rings. The number of halogens is 16. The van der Waals surface area contributed by atoms with Crippen LogP contribution in [0.5, 0.6) is 0 Å². The lowest BCUT2D eigenvalue weighted by atomic mass is 9.87. The van der Waals surface area contributed by atoms with Gasteiger partial charge in [0, 0.05) is 0 Å². The monoisotopic (exact) mass is 490 g/mol. The van der Waals surface area contributed by atoms with Gasteiger partial charge in [-0.25, -0.2) is 4.79 Å². The lowest BCUT2D eigenvalue weighted by molar-refractivity contribution is -0.452. The van der Waals surface area contributed by atoms with Crippen molar-refractivity contribution in [2.75, 3.05) is 13.7 Å². The summed E-state index contributed by atoms with van der Waals surface area (Å²) in [5.41, 5.74) is 0. The van der Waals surface area contributed by atoms with Gasteiger partial charge in [-0.15, -0.1) is 0 Å². The molecule has 30 heavy (non-hydrogen) atoms. The van der Waals surface area contributed by atoms with E-state index < -0.39 is 60.0 Å². The van der Waals surface area contributed by atoms with Gasteiger partial charge in [0.15, 0.2) is 0 Å². The number of rotatable bonds is 9. The average molecular weight is 490 g/mol. The molecule has 0 rings (SSSR count). The summed E-state index contributed by atoms with van der Waals surface area (Å²) in [5.74, 6) is -67.5. The van der Waals surface area contributed by atoms with Crippen molar-refractivity contribution in [3.05, 3.63) is 0 Å². The minimum absolute atomic E-state index is 0.219. The van der Waals surface area contributed by atoms with Gasteiger partial charge in [-0.1, -0.05) is 0 Å². The average Bonchev–Trinajstić information content (AvgIpc) is 2.59. The summed E-state index contributed by atoms with van der Waals surface area (Å²) in [7, 11) is -0.219. The number of methoxy groups -OCH3 is 1. The fourth-order valence-electron chi connectivity index (χ4n) is 1.57. The Balaban J connectivity index is 6.81. The number of hydrogen-bond acceptors (Lipinski definition) is 3. The molecular weight excluding hydrogens is 484 g/mol. The Hall–Kier alpha value is -1.69. The van der Waals surface area contributed by atoms with Gasteiger partial charge in [0.1, 0.15) is 6.61 Å². The molecule has 19 heteroatoms. The van der Waals surface area contributed by atoms with E-state index in [9.17, 15) is 75.0 Å². The molecule has 0 bridgehead atoms. The summed E-state index contributed by atoms with van der Waals surface area (Å²) in [6.07, 6.45) is 0. The van der Waals surface area contributed by atoms with Gasteiger partial charge in [-0.05, 0) is 0 Å². The Kier molecular flexibility index (Phi) is 6.78. The normalized spacial score (nSPS) is 15.9. The number of carbonyl (C=O) groups excluding carboxylic acids is 1. The first-order valence-electron chi connectivity index (χ1n) is 6.51. The van der Waals surface area contributed by atoms with Crippen LogP contribution in [-0.2, 0) is 9.53 Å². The molecule has 0 unspecified atom stereocenters. The van der Waals surface area contributed by atoms with E-state index in [2.05, 4.69) is 4.74 Å². The highest BCUT2D eigenvalue weighted by Gasteiger charge is 2.95. The summed E-state index contributed by atoms with van der Waals surface area (Å²) >= 11 is 0. The molecule has 0 saturated carbocycles. The fraction of sp³-hybridized carbons (Fsp3) is 0.909. The second-order valence-electron chi connectivity index (χ2n) is 5.37. The molecule has 0 atom stereocenters. The molecule has 0 aromatic carbocycles. The van der Waals surface area contributed by atoms with Crippen molar-refractivity contribution in [2.24, 2.45) is 0 Å². The molecule has 0 aliphatic carbocycles. The predicted molar refractivity (Wildman–Crippen MR) is 58.7 cm³/mol. The van der Waals surface area contributed by atoms with Gasteiger partial charge in [0.05, 0.1) is 7.11 Å². The summed E-state index contributed by atoms with van der Waals surface area (Å²) in [4.78, 5) is 10.4. The highest BCUT2D eigenvalue weighted by molar-refractivity contribution is 5.79. The smallest absolute Gasteiger partial charge is 0.410 e. The Morgan fingerprint density at radius 1 is 0.600 bits per heavy atom. The van der Waals surface area contributed by atoms with E-state index in [-0.39, 0.29) is 7.11 Å². The largest absolute Gasteiger partial charge is 0.464 e. The number of carbonyl (C=O) groups is 1. The Morgan fingerprint density at radius 3 is 1.13 bits per heavy atom. The molecular formula is C11H6F16O3. The van der Waals surface area contributed by atoms with Crippen LogP contribution in [0.2, 0.25) is 0 Å². The van der Waals surface area contributed by atoms with E-state index in [0.29, 0.717) is 0 Å². The number of hydrogen-bond donors (Lipinski definition) is 1. The maximum absolute atomic E-state index is 13.3. The number of aliphatic hydroxyl groups excluding tert-OH is 1. The second-order valence-corrected chi connectivity index (χ2v) is 5.37. The first-order valence-corrected chi connectivity index (χ1v) is 6.51. The van der Waals surface area contributed by atoms with Gasteiger partial charge in [0.25, 0.3) is 0 Å². The zero-order chi connectivity index (χ0) is 25.0. The predicted octanol–water partition coefficient (Wildman–Crippen LogP) is 4.23. The minimum atomic E-state index is -8.63. The number of ether oxygens (including phenoxy) is 1. The minimum Gasteiger partial charge on any atom is -0.464 e. The lowest BCUT2D eigenvalue weighted by Crippen LogP contribution is -2.75. The summed E-state index contributed by atoms with van der Waals surface area (Å²) < 4.78 is 213. The van der Waals surface area contributed by atoms with Crippen LogP contribution >= 0.6 is 0 Å². The highest BCUT2D eigenvalue weighted by Crippen LogP contribution is 2.63. The molecule has 0 saturated heterocycles. The first kappa shape index (κ1) is 28.3. The van der Waals surface area contributed by atoms with Gasteiger partial charge in [-0.3, -0.25) is 0 Å². The molecule has 0 heterocycles. The van der Waals surface area contributed by atoms with Crippen molar-refractivity contribution in [3.8, 4) is 0 Å². The van der Waals surface area contributed by atoms with Crippen LogP contribution in [0.4, 0.5) is 70.2 Å². The van der Waals surface area contributed by atoms with E-state index >= 15 is 0 Å². The van der Waals surface area contributed by atoms with Crippen LogP contribution in [0.1, 0.15) is 0 Å². The zero-order valence-electron chi connectivity index (χ0n) is 13.5. The summed E-state index contributed by atoms with van der Waals surface area (Å²) in [6, 6.07) is 0. The summed E-state index contributed by atoms with van der Waals surface area (Å²) in [6.45, 7) is -3.45. The molecule has 3 nitrogen and oxygen atoms in total. The fourth-order valence-corrected chi connectivity index (χ4v) is 1.57. The molecule has 0 spiro atoms. The van der Waals surface area contributed by atoms with Crippen molar-refractivity contribution >= 4 is 5.97 Å². The van der Waals surface area contributed by atoms with E-state index in [1.807, 2.05) is 0 Å². The molecule has 0 aromatic rings. The van der Waals surface area contributed by atoms with Crippen LogP contribution in [0.15, 0.2) is 0 Å². The Bertz CT molecular complexity index is 655. The van der Waals surface area contributed by atoms with Crippen LogP contribution < -0.4 is 0 Å². The van der Waals surface area contributed by atoms with Crippen LogP contribution in [0.3, 0.4) is 0 Å². The van der Waals surface area contributed by atoms with Gasteiger partial charge >= 0.3 is 53.3 Å². The molecule has 1 N–H and O–H groups in total. The van der Waals surface area contributed by atoms with E-state index in [1.165, 1.54) is 0 Å². The summed E-state index contributed by atoms with van der Waals surface area (Å²) in [5, 5.41) is 7.83. The maximum Gasteiger partial charge on any atom is 0.410 e. The van der Waals surface area contributed by atoms with Gasteiger partial charge < -0.3 is 9.84 Å². The van der Waals surface area contributed by atoms with Crippen molar-refractivity contribution in [1.29, 1.82) is 0 Å². The van der Waals surface area contributed by atoms with Crippen molar-refractivity contribution in [2.45, 2.75) is 47.4 Å². The Morgan fingerprint density at radius 2 is 0.867 bits per heavy atom. The van der Waals surface area contributed by atoms with Crippen LogP contribution in [0, 0.1) is 0 Å². The molecule has 0 aliphatic heterocycles. The van der Waals surface area contributed by atoms with Crippen molar-refractivity contribution < 1.29 is 84.9 Å². The number of esters is 1. The van der Waals surface area contributed by atoms with Crippen LogP contribution in [-0.4, -0.2) is 72.2 Å². The first-order chi connectivity index (χ1) is 12.8. The van der Waals surface area contributed by atoms with E-state index in [1.54, 1.807) is 0 Å². The van der Waals surface area contributed by atoms with E-state index in [0.717, 1.165) is 0 Å². The van der Waals surface area contributed by atoms with Gasteiger partial charge in [-0.2, -0.15) is 70.2 Å². The van der Waals surface area contributed by atoms with E-state index in [4.69, 9.17) is 5.11 Å². The zero-order valence-corrected chi connectivity index (χ0v) is 13.5. The van der Waals surface area contributed by atoms with Crippen LogP contribution in [0.25, 0.3) is 0 Å². The third-order valence-electron chi connectivity index (χ3n) is 3.47. The standard InChI is InChI=1S/C11H6F16O3/c1-30-3(29)5(14,15)7(18,19)9(22,23)11(26,27)10(24,25)8(20,21)6(16,17)4(12,13)2-28/h28H,2H2,1H3. The number of alkyl halides is 16. The highest BCUT2D eigenvalue weighted by atomic mass is 19.4. The third kappa shape index (κ3) is 3.22. The van der Waals surface area contributed by atoms with Crippen molar-refractivity contribution in [3.63, 3.8) is 0 Å². The topological polar surface area (TPSA) is 46.5 Å². The molecule has 0 radical (unpaired) electrons. The number of aliphatic hydroxyl groups is 1. The molecule has 0 aromatic heterocycles. The quantitative estimate of drug-likeness (QED) is 0.389. The maximum atomic E-state index is 13.3. The molecule has 0 aliphatic rings. The Labute approximate surface area is 153 Å².